The second kappa shape index (κ2) is 7.98. The van der Waals surface area contributed by atoms with E-state index in [0.717, 1.165) is 18.6 Å². The molecule has 4 heteroatoms. The zero-order valence-corrected chi connectivity index (χ0v) is 12.7. The largest absolute Gasteiger partial charge is 0.354 e. The van der Waals surface area contributed by atoms with Gasteiger partial charge in [0.1, 0.15) is 0 Å². The maximum atomic E-state index is 11.7. The Bertz CT molecular complexity index is 229. The van der Waals surface area contributed by atoms with Gasteiger partial charge in [0.05, 0.1) is 6.04 Å². The third kappa shape index (κ3) is 8.50. The monoisotopic (exact) mass is 260 g/mol. The van der Waals surface area contributed by atoms with Crippen molar-refractivity contribution in [3.63, 3.8) is 0 Å². The van der Waals surface area contributed by atoms with Crippen molar-refractivity contribution in [3.05, 3.63) is 0 Å². The molecule has 0 spiro atoms. The number of amides is 1. The second-order valence-electron chi connectivity index (χ2n) is 5.87. The molecule has 0 aromatic rings. The Morgan fingerprint density at radius 1 is 1.41 bits per heavy atom. The smallest absolute Gasteiger partial charge is 0.236 e. The first-order valence-electron chi connectivity index (χ1n) is 6.30. The van der Waals surface area contributed by atoms with E-state index < -0.39 is 0 Å². The molecule has 3 nitrogen and oxygen atoms in total. The molecule has 1 atom stereocenters. The molecule has 0 unspecified atom stereocenters. The van der Waals surface area contributed by atoms with E-state index in [9.17, 15) is 4.79 Å². The van der Waals surface area contributed by atoms with Gasteiger partial charge in [0.15, 0.2) is 0 Å². The lowest BCUT2D eigenvalue weighted by atomic mass is 9.84. The summed E-state index contributed by atoms with van der Waals surface area (Å²) in [6, 6.07) is -0.364. The van der Waals surface area contributed by atoms with Crippen molar-refractivity contribution in [2.75, 3.05) is 18.6 Å². The van der Waals surface area contributed by atoms with Gasteiger partial charge in [-0.25, -0.2) is 0 Å². The third-order valence-electron chi connectivity index (χ3n) is 2.67. The van der Waals surface area contributed by atoms with Crippen LogP contribution < -0.4 is 11.1 Å². The first-order chi connectivity index (χ1) is 7.78. The van der Waals surface area contributed by atoms with Crippen LogP contribution in [0.15, 0.2) is 0 Å². The third-order valence-corrected chi connectivity index (χ3v) is 3.32. The molecule has 0 aliphatic heterocycles. The Labute approximate surface area is 110 Å². The molecular formula is C13H28N2OS. The summed E-state index contributed by atoms with van der Waals surface area (Å²) in [5.74, 6) is 1.56. The van der Waals surface area contributed by atoms with Gasteiger partial charge in [-0.15, -0.1) is 0 Å². The molecule has 0 heterocycles. The predicted octanol–water partition coefficient (Wildman–Crippen LogP) is 2.26. The Kier molecular flexibility index (Phi) is 7.88. The van der Waals surface area contributed by atoms with E-state index in [4.69, 9.17) is 5.73 Å². The van der Waals surface area contributed by atoms with Crippen molar-refractivity contribution < 1.29 is 4.79 Å². The van der Waals surface area contributed by atoms with Crippen molar-refractivity contribution in [1.29, 1.82) is 0 Å². The van der Waals surface area contributed by atoms with E-state index in [2.05, 4.69) is 33.0 Å². The Balaban J connectivity index is 3.97. The molecule has 0 aromatic heterocycles. The van der Waals surface area contributed by atoms with Crippen molar-refractivity contribution in [2.24, 2.45) is 17.1 Å². The van der Waals surface area contributed by atoms with Crippen LogP contribution in [-0.4, -0.2) is 30.5 Å². The fraction of sp³-hybridized carbons (Fsp3) is 0.923. The van der Waals surface area contributed by atoms with Crippen molar-refractivity contribution in [2.45, 2.75) is 46.6 Å². The Morgan fingerprint density at radius 3 is 2.47 bits per heavy atom. The quantitative estimate of drug-likeness (QED) is 0.704. The van der Waals surface area contributed by atoms with Crippen LogP contribution in [0.4, 0.5) is 0 Å². The maximum Gasteiger partial charge on any atom is 0.236 e. The summed E-state index contributed by atoms with van der Waals surface area (Å²) >= 11 is 1.72. The molecule has 102 valence electrons. The zero-order valence-electron chi connectivity index (χ0n) is 11.9. The van der Waals surface area contributed by atoms with Crippen molar-refractivity contribution in [3.8, 4) is 0 Å². The Morgan fingerprint density at radius 2 is 2.00 bits per heavy atom. The molecule has 0 aliphatic carbocycles. The molecule has 1 amide bonds. The molecule has 0 bridgehead atoms. The number of rotatable bonds is 8. The summed E-state index contributed by atoms with van der Waals surface area (Å²) in [7, 11) is 0. The molecule has 0 aromatic carbocycles. The van der Waals surface area contributed by atoms with Gasteiger partial charge < -0.3 is 11.1 Å². The first kappa shape index (κ1) is 16.8. The van der Waals surface area contributed by atoms with E-state index in [1.165, 1.54) is 0 Å². The SMILES string of the molecule is CSCC[C@H](N)C(=O)NCC(C)(C)CC(C)C. The highest BCUT2D eigenvalue weighted by Gasteiger charge is 2.21. The number of hydrogen-bond acceptors (Lipinski definition) is 3. The molecular weight excluding hydrogens is 232 g/mol. The number of hydrogen-bond donors (Lipinski definition) is 2. The van der Waals surface area contributed by atoms with Gasteiger partial charge in [0, 0.05) is 6.54 Å². The van der Waals surface area contributed by atoms with Crippen LogP contribution in [0.3, 0.4) is 0 Å². The summed E-state index contributed by atoms with van der Waals surface area (Å²) in [5.41, 5.74) is 5.95. The lowest BCUT2D eigenvalue weighted by molar-refractivity contribution is -0.122. The van der Waals surface area contributed by atoms with Crippen LogP contribution in [0, 0.1) is 11.3 Å². The number of thioether (sulfide) groups is 1. The molecule has 0 fully saturated rings. The number of carbonyl (C=O) groups excluding carboxylic acids is 1. The highest BCUT2D eigenvalue weighted by atomic mass is 32.2. The van der Waals surface area contributed by atoms with Crippen LogP contribution in [0.25, 0.3) is 0 Å². The first-order valence-corrected chi connectivity index (χ1v) is 7.70. The normalized spacial score (nSPS) is 13.8. The second-order valence-corrected chi connectivity index (χ2v) is 6.85. The van der Waals surface area contributed by atoms with E-state index in [1.807, 2.05) is 6.26 Å². The number of nitrogens with two attached hydrogens (primary N) is 1. The van der Waals surface area contributed by atoms with E-state index >= 15 is 0 Å². The fourth-order valence-electron chi connectivity index (χ4n) is 2.01. The average molecular weight is 260 g/mol. The van der Waals surface area contributed by atoms with Gasteiger partial charge in [-0.2, -0.15) is 11.8 Å². The topological polar surface area (TPSA) is 55.1 Å². The summed E-state index contributed by atoms with van der Waals surface area (Å²) < 4.78 is 0. The summed E-state index contributed by atoms with van der Waals surface area (Å²) in [6.07, 6.45) is 3.88. The number of carbonyl (C=O) groups is 1. The minimum atomic E-state index is -0.364. The summed E-state index contributed by atoms with van der Waals surface area (Å²) in [6.45, 7) is 9.47. The highest BCUT2D eigenvalue weighted by Crippen LogP contribution is 2.24. The zero-order chi connectivity index (χ0) is 13.5. The minimum Gasteiger partial charge on any atom is -0.354 e. The lowest BCUT2D eigenvalue weighted by Gasteiger charge is -2.27. The van der Waals surface area contributed by atoms with Crippen LogP contribution in [0.1, 0.15) is 40.5 Å². The van der Waals surface area contributed by atoms with E-state index in [0.29, 0.717) is 12.5 Å². The van der Waals surface area contributed by atoms with Crippen molar-refractivity contribution in [1.82, 2.24) is 5.32 Å². The standard InChI is InChI=1S/C13H28N2OS/c1-10(2)8-13(3,4)9-15-12(16)11(14)6-7-17-5/h10-11H,6-9,14H2,1-5H3,(H,15,16)/t11-/m0/s1. The van der Waals surface area contributed by atoms with E-state index in [1.54, 1.807) is 11.8 Å². The van der Waals surface area contributed by atoms with Gasteiger partial charge in [-0.3, -0.25) is 4.79 Å². The van der Waals surface area contributed by atoms with Gasteiger partial charge >= 0.3 is 0 Å². The van der Waals surface area contributed by atoms with Gasteiger partial charge in [0.25, 0.3) is 0 Å². The molecule has 0 saturated carbocycles. The van der Waals surface area contributed by atoms with Crippen LogP contribution >= 0.6 is 11.8 Å². The van der Waals surface area contributed by atoms with E-state index in [-0.39, 0.29) is 17.4 Å². The predicted molar refractivity (Wildman–Crippen MR) is 77.2 cm³/mol. The summed E-state index contributed by atoms with van der Waals surface area (Å²) in [5, 5.41) is 2.96. The minimum absolute atomic E-state index is 0.0177. The maximum absolute atomic E-state index is 11.7. The van der Waals surface area contributed by atoms with Crippen LogP contribution in [0.2, 0.25) is 0 Å². The Hall–Kier alpha value is -0.220. The summed E-state index contributed by atoms with van der Waals surface area (Å²) in [4.78, 5) is 11.7. The van der Waals surface area contributed by atoms with Crippen LogP contribution in [-0.2, 0) is 4.79 Å². The van der Waals surface area contributed by atoms with Gasteiger partial charge in [-0.1, -0.05) is 27.7 Å². The molecule has 17 heavy (non-hydrogen) atoms. The van der Waals surface area contributed by atoms with Gasteiger partial charge in [-0.05, 0) is 36.2 Å². The highest BCUT2D eigenvalue weighted by molar-refractivity contribution is 7.98. The molecule has 0 saturated heterocycles. The average Bonchev–Trinajstić information content (AvgIpc) is 2.20. The fourth-order valence-corrected chi connectivity index (χ4v) is 2.50. The lowest BCUT2D eigenvalue weighted by Crippen LogP contribution is -2.44. The molecule has 0 aliphatic rings. The molecule has 0 rings (SSSR count). The van der Waals surface area contributed by atoms with Gasteiger partial charge in [0.2, 0.25) is 5.91 Å². The molecule has 0 radical (unpaired) electrons. The molecule has 3 N–H and O–H groups in total. The van der Waals surface area contributed by atoms with Crippen molar-refractivity contribution >= 4 is 17.7 Å². The number of nitrogens with one attached hydrogen (secondary N) is 1. The van der Waals surface area contributed by atoms with Crippen LogP contribution in [0.5, 0.6) is 0 Å².